The quantitative estimate of drug-likeness (QED) is 0.238. The molecule has 0 unspecified atom stereocenters. The number of hydrogen-bond acceptors (Lipinski definition) is 7. The molecule has 0 aromatic rings. The van der Waals surface area contributed by atoms with Crippen LogP contribution < -0.4 is 22.1 Å². The van der Waals surface area contributed by atoms with Crippen LogP contribution in [0.2, 0.25) is 0 Å². The third-order valence-electron chi connectivity index (χ3n) is 1.33. The first-order chi connectivity index (χ1) is 7.47. The molecule has 100 valence electrons. The maximum absolute atomic E-state index is 9.33. The topological polar surface area (TPSA) is 140 Å². The largest absolute Gasteiger partial charge is 0.397 e. The zero-order chi connectivity index (χ0) is 12.9. The van der Waals surface area contributed by atoms with E-state index in [2.05, 4.69) is 14.8 Å². The average molecular weight is 258 g/mol. The molecule has 9 heteroatoms. The van der Waals surface area contributed by atoms with E-state index in [1.54, 1.807) is 0 Å². The van der Waals surface area contributed by atoms with Crippen molar-refractivity contribution >= 4 is 10.4 Å². The summed E-state index contributed by atoms with van der Waals surface area (Å²) < 4.78 is 29.7. The van der Waals surface area contributed by atoms with Gasteiger partial charge in [0.05, 0.1) is 7.11 Å². The van der Waals surface area contributed by atoms with Gasteiger partial charge in [0, 0.05) is 39.3 Å². The van der Waals surface area contributed by atoms with Crippen LogP contribution in [0.1, 0.15) is 0 Å². The van der Waals surface area contributed by atoms with Crippen molar-refractivity contribution in [1.29, 1.82) is 0 Å². The van der Waals surface area contributed by atoms with Crippen LogP contribution in [0.15, 0.2) is 0 Å². The number of hydrogen-bond donors (Lipinski definition) is 5. The summed E-state index contributed by atoms with van der Waals surface area (Å²) in [5.74, 6) is 0. The van der Waals surface area contributed by atoms with Crippen molar-refractivity contribution in [3.05, 3.63) is 0 Å². The Morgan fingerprint density at radius 1 is 1.06 bits per heavy atom. The number of rotatable bonds is 8. The third kappa shape index (κ3) is 23.5. The molecular formula is C7H22N4O4S. The van der Waals surface area contributed by atoms with E-state index in [-0.39, 0.29) is 0 Å². The molecule has 0 atom stereocenters. The molecule has 16 heavy (non-hydrogen) atoms. The van der Waals surface area contributed by atoms with Crippen molar-refractivity contribution in [2.75, 3.05) is 46.4 Å². The van der Waals surface area contributed by atoms with E-state index in [9.17, 15) is 8.42 Å². The minimum Gasteiger partial charge on any atom is -0.329 e. The lowest BCUT2D eigenvalue weighted by Gasteiger charge is -2.03. The Labute approximate surface area is 96.7 Å². The second-order valence-electron chi connectivity index (χ2n) is 2.67. The molecule has 0 aromatic heterocycles. The Bertz CT molecular complexity index is 214. The summed E-state index contributed by atoms with van der Waals surface area (Å²) in [6.45, 7) is 5.14. The maximum Gasteiger partial charge on any atom is 0.397 e. The van der Waals surface area contributed by atoms with Crippen molar-refractivity contribution in [2.45, 2.75) is 0 Å². The van der Waals surface area contributed by atoms with Crippen molar-refractivity contribution in [3.8, 4) is 0 Å². The molecule has 0 rings (SSSR count). The van der Waals surface area contributed by atoms with Crippen LogP contribution in [0, 0.1) is 0 Å². The van der Waals surface area contributed by atoms with Gasteiger partial charge in [0.1, 0.15) is 0 Å². The zero-order valence-corrected chi connectivity index (χ0v) is 10.3. The molecule has 0 aromatic carbocycles. The van der Waals surface area contributed by atoms with Gasteiger partial charge < -0.3 is 22.1 Å². The molecule has 8 nitrogen and oxygen atoms in total. The van der Waals surface area contributed by atoms with E-state index in [0.717, 1.165) is 33.3 Å². The van der Waals surface area contributed by atoms with Gasteiger partial charge in [-0.1, -0.05) is 0 Å². The summed E-state index contributed by atoms with van der Waals surface area (Å²) in [6, 6.07) is 0. The van der Waals surface area contributed by atoms with Gasteiger partial charge in [0.2, 0.25) is 0 Å². The summed E-state index contributed by atoms with van der Waals surface area (Å²) in [4.78, 5) is 0. The second kappa shape index (κ2) is 12.8. The highest BCUT2D eigenvalue weighted by molar-refractivity contribution is 7.80. The van der Waals surface area contributed by atoms with Gasteiger partial charge >= 0.3 is 10.4 Å². The minimum atomic E-state index is -4.16. The Morgan fingerprint density at radius 2 is 1.38 bits per heavy atom. The van der Waals surface area contributed by atoms with E-state index in [0.29, 0.717) is 13.1 Å². The van der Waals surface area contributed by atoms with Crippen LogP contribution in [0.5, 0.6) is 0 Å². The summed E-state index contributed by atoms with van der Waals surface area (Å²) in [7, 11) is -3.29. The van der Waals surface area contributed by atoms with Gasteiger partial charge in [-0.05, 0) is 0 Å². The fourth-order valence-corrected chi connectivity index (χ4v) is 0.631. The Balaban J connectivity index is 0. The standard InChI is InChI=1S/C6H18N4.CH4O4S/c7-1-3-9-5-6-10-4-2-8;1-5-6(2,3)4/h9-10H,1-8H2;1H3,(H,2,3,4). The molecule has 0 amide bonds. The lowest BCUT2D eigenvalue weighted by atomic mass is 10.5. The molecule has 0 saturated heterocycles. The van der Waals surface area contributed by atoms with Crippen LogP contribution in [-0.2, 0) is 14.6 Å². The molecule has 0 aliphatic carbocycles. The first kappa shape index (κ1) is 18.1. The van der Waals surface area contributed by atoms with Crippen molar-refractivity contribution < 1.29 is 17.2 Å². The zero-order valence-electron chi connectivity index (χ0n) is 9.48. The van der Waals surface area contributed by atoms with Gasteiger partial charge in [0.15, 0.2) is 0 Å². The SMILES string of the molecule is COS(=O)(=O)O.NCCNCCNCCN. The van der Waals surface area contributed by atoms with Gasteiger partial charge in [-0.2, -0.15) is 8.42 Å². The monoisotopic (exact) mass is 258 g/mol. The summed E-state index contributed by atoms with van der Waals surface area (Å²) in [5.41, 5.74) is 10.5. The summed E-state index contributed by atoms with van der Waals surface area (Å²) in [6.07, 6.45) is 0. The van der Waals surface area contributed by atoms with Gasteiger partial charge in [-0.3, -0.25) is 8.74 Å². The third-order valence-corrected chi connectivity index (χ3v) is 1.75. The molecule has 7 N–H and O–H groups in total. The van der Waals surface area contributed by atoms with Gasteiger partial charge in [-0.15, -0.1) is 0 Å². The van der Waals surface area contributed by atoms with Crippen LogP contribution in [0.4, 0.5) is 0 Å². The fourth-order valence-electron chi connectivity index (χ4n) is 0.631. The molecule has 0 aliphatic rings. The first-order valence-corrected chi connectivity index (χ1v) is 6.19. The highest BCUT2D eigenvalue weighted by Crippen LogP contribution is 1.74. The van der Waals surface area contributed by atoms with E-state index in [4.69, 9.17) is 16.0 Å². The first-order valence-electron chi connectivity index (χ1n) is 4.82. The fraction of sp³-hybridized carbons (Fsp3) is 1.00. The molecule has 0 spiro atoms. The van der Waals surface area contributed by atoms with E-state index in [1.165, 1.54) is 0 Å². The van der Waals surface area contributed by atoms with Crippen molar-refractivity contribution in [3.63, 3.8) is 0 Å². The smallest absolute Gasteiger partial charge is 0.329 e. The molecule has 0 heterocycles. The van der Waals surface area contributed by atoms with Crippen LogP contribution in [-0.4, -0.2) is 59.3 Å². The van der Waals surface area contributed by atoms with Gasteiger partial charge in [0.25, 0.3) is 0 Å². The Morgan fingerprint density at radius 3 is 1.56 bits per heavy atom. The van der Waals surface area contributed by atoms with E-state index in [1.807, 2.05) is 0 Å². The van der Waals surface area contributed by atoms with E-state index < -0.39 is 10.4 Å². The van der Waals surface area contributed by atoms with Gasteiger partial charge in [-0.25, -0.2) is 0 Å². The minimum absolute atomic E-state index is 0.705. The normalized spacial score (nSPS) is 10.8. The molecule has 0 bridgehead atoms. The summed E-state index contributed by atoms with van der Waals surface area (Å²) >= 11 is 0. The highest BCUT2D eigenvalue weighted by atomic mass is 32.3. The van der Waals surface area contributed by atoms with Crippen LogP contribution in [0.25, 0.3) is 0 Å². The second-order valence-corrected chi connectivity index (χ2v) is 3.86. The molecule has 0 fully saturated rings. The molecule has 0 saturated carbocycles. The number of nitrogens with one attached hydrogen (secondary N) is 2. The lowest BCUT2D eigenvalue weighted by Crippen LogP contribution is -2.32. The molecule has 0 aliphatic heterocycles. The predicted molar refractivity (Wildman–Crippen MR) is 62.4 cm³/mol. The van der Waals surface area contributed by atoms with Crippen molar-refractivity contribution in [1.82, 2.24) is 10.6 Å². The van der Waals surface area contributed by atoms with Crippen molar-refractivity contribution in [2.24, 2.45) is 11.5 Å². The molecular weight excluding hydrogens is 236 g/mol. The Hall–Kier alpha value is -0.290. The van der Waals surface area contributed by atoms with Crippen LogP contribution in [0.3, 0.4) is 0 Å². The predicted octanol–water partition coefficient (Wildman–Crippen LogP) is -2.48. The molecule has 0 radical (unpaired) electrons. The summed E-state index contributed by atoms with van der Waals surface area (Å²) in [5, 5.41) is 6.33. The maximum atomic E-state index is 9.33. The Kier molecular flexibility index (Phi) is 14.4. The highest BCUT2D eigenvalue weighted by Gasteiger charge is 1.94. The average Bonchev–Trinajstić information content (AvgIpc) is 2.23. The van der Waals surface area contributed by atoms with Crippen LogP contribution >= 0.6 is 0 Å². The number of nitrogens with two attached hydrogens (primary N) is 2. The van der Waals surface area contributed by atoms with E-state index >= 15 is 0 Å². The lowest BCUT2D eigenvalue weighted by molar-refractivity contribution is 0.324.